The molecule has 0 spiro atoms. The van der Waals surface area contributed by atoms with Crippen molar-refractivity contribution in [1.29, 1.82) is 0 Å². The molecule has 2 atom stereocenters. The first kappa shape index (κ1) is 28.4. The first-order valence-electron chi connectivity index (χ1n) is 12.1. The molecule has 8 heteroatoms. The Morgan fingerprint density at radius 2 is 1.63 bits per heavy atom. The molecule has 0 unspecified atom stereocenters. The molecule has 192 valence electrons. The molecule has 0 heterocycles. The lowest BCUT2D eigenvalue weighted by Crippen LogP contribution is -2.53. The van der Waals surface area contributed by atoms with Crippen molar-refractivity contribution in [3.8, 4) is 0 Å². The molecule has 7 nitrogen and oxygen atoms in total. The van der Waals surface area contributed by atoms with Gasteiger partial charge in [-0.2, -0.15) is 0 Å². The fourth-order valence-electron chi connectivity index (χ4n) is 3.95. The highest BCUT2D eigenvalue weighted by atomic mass is 32.2. The van der Waals surface area contributed by atoms with E-state index in [4.69, 9.17) is 0 Å². The Bertz CT molecular complexity index is 1150. The molecule has 0 saturated heterocycles. The van der Waals surface area contributed by atoms with E-state index in [-0.39, 0.29) is 25.0 Å². The zero-order valence-corrected chi connectivity index (χ0v) is 22.8. The van der Waals surface area contributed by atoms with Crippen molar-refractivity contribution in [3.05, 3.63) is 64.7 Å². The van der Waals surface area contributed by atoms with Crippen molar-refractivity contribution in [1.82, 2.24) is 10.2 Å². The zero-order valence-electron chi connectivity index (χ0n) is 22.0. The quantitative estimate of drug-likeness (QED) is 0.502. The molecule has 0 aromatic heterocycles. The maximum absolute atomic E-state index is 13.8. The molecule has 0 bridgehead atoms. The van der Waals surface area contributed by atoms with Crippen LogP contribution < -0.4 is 9.62 Å². The van der Waals surface area contributed by atoms with E-state index >= 15 is 0 Å². The smallest absolute Gasteiger partial charge is 0.244 e. The first-order chi connectivity index (χ1) is 16.4. The Labute approximate surface area is 210 Å². The maximum atomic E-state index is 13.8. The lowest BCUT2D eigenvalue weighted by molar-refractivity contribution is -0.140. The minimum atomic E-state index is -3.76. The third kappa shape index (κ3) is 7.82. The SMILES string of the molecule is CC[C@H](C)NC(=O)[C@H](CC)N(Cc1cccc(C)c1)C(=O)CN(c1cc(C)ccc1C)S(C)(=O)=O. The number of hydrogen-bond donors (Lipinski definition) is 1. The average molecular weight is 502 g/mol. The number of anilines is 1. The Balaban J connectivity index is 2.49. The van der Waals surface area contributed by atoms with Crippen LogP contribution in [0.3, 0.4) is 0 Å². The fourth-order valence-corrected chi connectivity index (χ4v) is 4.85. The van der Waals surface area contributed by atoms with Gasteiger partial charge in [0.25, 0.3) is 0 Å². The van der Waals surface area contributed by atoms with E-state index in [1.54, 1.807) is 6.07 Å². The second-order valence-electron chi connectivity index (χ2n) is 9.31. The molecule has 0 saturated carbocycles. The summed E-state index contributed by atoms with van der Waals surface area (Å²) in [5, 5.41) is 2.98. The van der Waals surface area contributed by atoms with Gasteiger partial charge in [0.05, 0.1) is 11.9 Å². The van der Waals surface area contributed by atoms with Gasteiger partial charge in [0, 0.05) is 12.6 Å². The highest BCUT2D eigenvalue weighted by Crippen LogP contribution is 2.25. The van der Waals surface area contributed by atoms with Crippen LogP contribution in [0, 0.1) is 20.8 Å². The average Bonchev–Trinajstić information content (AvgIpc) is 2.78. The number of rotatable bonds is 11. The number of hydrogen-bond acceptors (Lipinski definition) is 4. The largest absolute Gasteiger partial charge is 0.352 e. The molecular weight excluding hydrogens is 462 g/mol. The van der Waals surface area contributed by atoms with Crippen molar-refractivity contribution in [3.63, 3.8) is 0 Å². The van der Waals surface area contributed by atoms with E-state index in [0.717, 1.165) is 39.2 Å². The molecule has 35 heavy (non-hydrogen) atoms. The third-order valence-corrected chi connectivity index (χ3v) is 7.26. The summed E-state index contributed by atoms with van der Waals surface area (Å²) in [5.74, 6) is -0.663. The molecule has 2 aromatic rings. The molecule has 0 aliphatic rings. The van der Waals surface area contributed by atoms with Gasteiger partial charge in [-0.3, -0.25) is 13.9 Å². The molecule has 2 aromatic carbocycles. The van der Waals surface area contributed by atoms with Crippen molar-refractivity contribution < 1.29 is 18.0 Å². The van der Waals surface area contributed by atoms with Crippen LogP contribution in [0.5, 0.6) is 0 Å². The summed E-state index contributed by atoms with van der Waals surface area (Å²) in [6.07, 6.45) is 2.27. The van der Waals surface area contributed by atoms with Crippen LogP contribution in [-0.4, -0.2) is 50.0 Å². The van der Waals surface area contributed by atoms with E-state index in [1.807, 2.05) is 77.9 Å². The summed E-state index contributed by atoms with van der Waals surface area (Å²) < 4.78 is 26.7. The van der Waals surface area contributed by atoms with E-state index < -0.39 is 22.0 Å². The number of carbonyl (C=O) groups is 2. The van der Waals surface area contributed by atoms with Gasteiger partial charge in [0.2, 0.25) is 21.8 Å². The molecule has 0 fully saturated rings. The minimum absolute atomic E-state index is 0.0325. The zero-order chi connectivity index (χ0) is 26.3. The van der Waals surface area contributed by atoms with Crippen LogP contribution >= 0.6 is 0 Å². The van der Waals surface area contributed by atoms with Gasteiger partial charge < -0.3 is 10.2 Å². The summed E-state index contributed by atoms with van der Waals surface area (Å²) >= 11 is 0. The minimum Gasteiger partial charge on any atom is -0.352 e. The number of benzene rings is 2. The predicted molar refractivity (Wildman–Crippen MR) is 142 cm³/mol. The summed E-state index contributed by atoms with van der Waals surface area (Å²) in [5.41, 5.74) is 4.03. The molecule has 2 rings (SSSR count). The Morgan fingerprint density at radius 3 is 2.20 bits per heavy atom. The standard InChI is InChI=1S/C27H39N3O4S/c1-8-22(6)28-27(32)24(9-2)29(17-23-12-10-11-19(3)15-23)26(31)18-30(35(7,33)34)25-16-20(4)13-14-21(25)5/h10-16,22,24H,8-9,17-18H2,1-7H3,(H,28,32)/t22-,24-/m0/s1. The van der Waals surface area contributed by atoms with Crippen LogP contribution in [0.4, 0.5) is 5.69 Å². The van der Waals surface area contributed by atoms with Gasteiger partial charge >= 0.3 is 0 Å². The van der Waals surface area contributed by atoms with Crippen molar-refractivity contribution in [2.24, 2.45) is 0 Å². The van der Waals surface area contributed by atoms with Crippen molar-refractivity contribution in [2.75, 3.05) is 17.1 Å². The van der Waals surface area contributed by atoms with Gasteiger partial charge in [-0.25, -0.2) is 8.42 Å². The number of amides is 2. The van der Waals surface area contributed by atoms with Gasteiger partial charge in [0.1, 0.15) is 12.6 Å². The normalized spacial score (nSPS) is 13.1. The molecule has 0 radical (unpaired) electrons. The molecule has 2 amide bonds. The summed E-state index contributed by atoms with van der Waals surface area (Å²) in [6.45, 7) is 11.2. The number of carbonyl (C=O) groups excluding carboxylic acids is 2. The number of aryl methyl sites for hydroxylation is 3. The number of nitrogens with one attached hydrogen (secondary N) is 1. The lowest BCUT2D eigenvalue weighted by Gasteiger charge is -2.33. The van der Waals surface area contributed by atoms with E-state index in [9.17, 15) is 18.0 Å². The number of sulfonamides is 1. The van der Waals surface area contributed by atoms with E-state index in [0.29, 0.717) is 12.1 Å². The fraction of sp³-hybridized carbons (Fsp3) is 0.481. The summed E-state index contributed by atoms with van der Waals surface area (Å²) in [7, 11) is -3.76. The highest BCUT2D eigenvalue weighted by molar-refractivity contribution is 7.92. The molecule has 1 N–H and O–H groups in total. The molecular formula is C27H39N3O4S. The van der Waals surface area contributed by atoms with Crippen LogP contribution in [0.15, 0.2) is 42.5 Å². The molecule has 0 aliphatic heterocycles. The molecule has 0 aliphatic carbocycles. The van der Waals surface area contributed by atoms with Crippen molar-refractivity contribution in [2.45, 2.75) is 73.0 Å². The van der Waals surface area contributed by atoms with Gasteiger partial charge in [0.15, 0.2) is 0 Å². The monoisotopic (exact) mass is 501 g/mol. The third-order valence-electron chi connectivity index (χ3n) is 6.13. The summed E-state index contributed by atoms with van der Waals surface area (Å²) in [6, 6.07) is 12.5. The van der Waals surface area contributed by atoms with Crippen LogP contribution in [-0.2, 0) is 26.2 Å². The van der Waals surface area contributed by atoms with Gasteiger partial charge in [-0.15, -0.1) is 0 Å². The number of nitrogens with zero attached hydrogens (tertiary/aromatic N) is 2. The summed E-state index contributed by atoms with van der Waals surface area (Å²) in [4.78, 5) is 28.4. The second kappa shape index (κ2) is 12.2. The Morgan fingerprint density at radius 1 is 0.971 bits per heavy atom. The topological polar surface area (TPSA) is 86.8 Å². The second-order valence-corrected chi connectivity index (χ2v) is 11.2. The van der Waals surface area contributed by atoms with Crippen LogP contribution in [0.1, 0.15) is 55.9 Å². The van der Waals surface area contributed by atoms with Gasteiger partial charge in [-0.1, -0.05) is 55.8 Å². The highest BCUT2D eigenvalue weighted by Gasteiger charge is 2.32. The predicted octanol–water partition coefficient (Wildman–Crippen LogP) is 4.10. The van der Waals surface area contributed by atoms with Crippen molar-refractivity contribution >= 4 is 27.5 Å². The van der Waals surface area contributed by atoms with E-state index in [2.05, 4.69) is 5.32 Å². The first-order valence-corrected chi connectivity index (χ1v) is 13.9. The maximum Gasteiger partial charge on any atom is 0.244 e. The Hall–Kier alpha value is -2.87. The lowest BCUT2D eigenvalue weighted by atomic mass is 10.1. The van der Waals surface area contributed by atoms with E-state index in [1.165, 1.54) is 4.90 Å². The van der Waals surface area contributed by atoms with Gasteiger partial charge in [-0.05, 0) is 63.3 Å². The van der Waals surface area contributed by atoms with Crippen LogP contribution in [0.25, 0.3) is 0 Å². The van der Waals surface area contributed by atoms with Crippen LogP contribution in [0.2, 0.25) is 0 Å². The Kier molecular flexibility index (Phi) is 9.89.